The van der Waals surface area contributed by atoms with Crippen molar-refractivity contribution in [2.24, 2.45) is 5.84 Å². The monoisotopic (exact) mass is 490 g/mol. The van der Waals surface area contributed by atoms with Crippen LogP contribution in [0.1, 0.15) is 5.56 Å². The second-order valence-corrected chi connectivity index (χ2v) is 11.7. The van der Waals surface area contributed by atoms with Crippen LogP contribution in [0.4, 0.5) is 36.3 Å². The fraction of sp³-hybridized carbons (Fsp3) is 0.304. The lowest BCUT2D eigenvalue weighted by Crippen LogP contribution is -2.47. The summed E-state index contributed by atoms with van der Waals surface area (Å²) in [6.07, 6.45) is -3.82. The molecule has 1 aliphatic heterocycles. The zero-order valence-electron chi connectivity index (χ0n) is 18.9. The van der Waals surface area contributed by atoms with Crippen LogP contribution in [0.2, 0.25) is 0 Å². The minimum absolute atomic E-state index is 0.0579. The molecule has 0 spiro atoms. The highest BCUT2D eigenvalue weighted by Crippen LogP contribution is 2.37. The minimum atomic E-state index is -4.60. The molecule has 1 aliphatic rings. The molecule has 7 nitrogen and oxygen atoms in total. The molecule has 0 radical (unpaired) electrons. The van der Waals surface area contributed by atoms with Gasteiger partial charge < -0.3 is 14.4 Å². The Morgan fingerprint density at radius 3 is 2.09 bits per heavy atom. The number of hydrogen-bond donors (Lipinski definition) is 1. The van der Waals surface area contributed by atoms with Crippen LogP contribution in [0, 0.1) is 0 Å². The average Bonchev–Trinajstić information content (AvgIpc) is 2.83. The Morgan fingerprint density at radius 1 is 0.941 bits per heavy atom. The zero-order valence-corrected chi connectivity index (χ0v) is 19.8. The van der Waals surface area contributed by atoms with E-state index in [1.807, 2.05) is 30.3 Å². The summed E-state index contributed by atoms with van der Waals surface area (Å²) in [7, 11) is -2.45. The van der Waals surface area contributed by atoms with E-state index in [1.165, 1.54) is 0 Å². The highest BCUT2D eigenvalue weighted by molar-refractivity contribution is 7.70. The first-order chi connectivity index (χ1) is 16.0. The Labute approximate surface area is 196 Å². The smallest absolute Gasteiger partial charge is 0.368 e. The highest BCUT2D eigenvalue weighted by atomic mass is 31.2. The first-order valence-corrected chi connectivity index (χ1v) is 13.3. The van der Waals surface area contributed by atoms with Crippen molar-refractivity contribution in [3.63, 3.8) is 0 Å². The third-order valence-corrected chi connectivity index (χ3v) is 7.27. The minimum Gasteiger partial charge on any atom is -0.368 e. The molecular formula is C23H26F3N6OP. The quantitative estimate of drug-likeness (QED) is 0.328. The number of rotatable bonds is 5. The van der Waals surface area contributed by atoms with Crippen LogP contribution in [0.3, 0.4) is 0 Å². The zero-order chi connectivity index (χ0) is 24.5. The SMILES string of the molecule is CP(C)(=O)c1ccc(N(N)c2ncc(C(F)(F)F)c(N3CCN(c4ccccc4)CC3)n2)cc1. The van der Waals surface area contributed by atoms with E-state index in [9.17, 15) is 17.7 Å². The predicted molar refractivity (Wildman–Crippen MR) is 130 cm³/mol. The third-order valence-electron chi connectivity index (χ3n) is 5.73. The predicted octanol–water partition coefficient (Wildman–Crippen LogP) is 4.08. The first kappa shape index (κ1) is 24.0. The molecule has 34 heavy (non-hydrogen) atoms. The van der Waals surface area contributed by atoms with Gasteiger partial charge >= 0.3 is 6.18 Å². The van der Waals surface area contributed by atoms with E-state index in [0.29, 0.717) is 37.2 Å². The van der Waals surface area contributed by atoms with Crippen molar-refractivity contribution in [2.45, 2.75) is 6.18 Å². The van der Waals surface area contributed by atoms with Gasteiger partial charge in [-0.05, 0) is 49.7 Å². The molecule has 0 unspecified atom stereocenters. The number of aromatic nitrogens is 2. The van der Waals surface area contributed by atoms with Crippen LogP contribution < -0.4 is 26.0 Å². The molecule has 2 aromatic carbocycles. The van der Waals surface area contributed by atoms with Crippen molar-refractivity contribution >= 4 is 35.6 Å². The topological polar surface area (TPSA) is 78.6 Å². The van der Waals surface area contributed by atoms with Gasteiger partial charge in [-0.3, -0.25) is 0 Å². The maximum Gasteiger partial charge on any atom is 0.421 e. The molecule has 0 amide bonds. The summed E-state index contributed by atoms with van der Waals surface area (Å²) in [6.45, 7) is 5.17. The molecule has 1 fully saturated rings. The normalized spacial score (nSPS) is 14.9. The van der Waals surface area contributed by atoms with Gasteiger partial charge in [-0.2, -0.15) is 18.2 Å². The van der Waals surface area contributed by atoms with Crippen molar-refractivity contribution < 1.29 is 17.7 Å². The van der Waals surface area contributed by atoms with Gasteiger partial charge in [0.15, 0.2) is 0 Å². The van der Waals surface area contributed by atoms with Gasteiger partial charge in [0, 0.05) is 43.4 Å². The number of halogens is 3. The number of para-hydroxylation sites is 1. The fourth-order valence-corrected chi connectivity index (χ4v) is 4.69. The summed E-state index contributed by atoms with van der Waals surface area (Å²) in [5, 5.41) is 1.80. The summed E-state index contributed by atoms with van der Waals surface area (Å²) < 4.78 is 53.6. The van der Waals surface area contributed by atoms with Gasteiger partial charge in [-0.1, -0.05) is 18.2 Å². The molecule has 2 heterocycles. The largest absolute Gasteiger partial charge is 0.421 e. The highest BCUT2D eigenvalue weighted by Gasteiger charge is 2.38. The lowest BCUT2D eigenvalue weighted by molar-refractivity contribution is -0.137. The van der Waals surface area contributed by atoms with E-state index in [4.69, 9.17) is 5.84 Å². The van der Waals surface area contributed by atoms with Crippen LogP contribution in [-0.2, 0) is 10.7 Å². The number of nitrogens with zero attached hydrogens (tertiary/aromatic N) is 5. The molecule has 3 aromatic rings. The number of nitrogens with two attached hydrogens (primary N) is 1. The van der Waals surface area contributed by atoms with Crippen molar-refractivity contribution in [2.75, 3.05) is 54.3 Å². The Bertz CT molecular complexity index is 1180. The Balaban J connectivity index is 1.60. The van der Waals surface area contributed by atoms with Crippen LogP contribution in [-0.4, -0.2) is 49.5 Å². The van der Waals surface area contributed by atoms with Crippen LogP contribution in [0.25, 0.3) is 0 Å². The lowest BCUT2D eigenvalue weighted by atomic mass is 10.2. The van der Waals surface area contributed by atoms with Crippen molar-refractivity contribution in [3.05, 3.63) is 66.4 Å². The maximum atomic E-state index is 13.8. The van der Waals surface area contributed by atoms with Gasteiger partial charge in [0.2, 0.25) is 5.95 Å². The fourth-order valence-electron chi connectivity index (χ4n) is 3.82. The number of piperazine rings is 1. The maximum absolute atomic E-state index is 13.8. The van der Waals surface area contributed by atoms with Gasteiger partial charge in [0.05, 0.1) is 5.69 Å². The van der Waals surface area contributed by atoms with Crippen molar-refractivity contribution in [1.82, 2.24) is 9.97 Å². The molecule has 180 valence electrons. The summed E-state index contributed by atoms with van der Waals surface area (Å²) >= 11 is 0. The van der Waals surface area contributed by atoms with Crippen LogP contribution in [0.15, 0.2) is 60.8 Å². The summed E-state index contributed by atoms with van der Waals surface area (Å²) in [5.74, 6) is 5.91. The van der Waals surface area contributed by atoms with E-state index in [-0.39, 0.29) is 11.8 Å². The first-order valence-electron chi connectivity index (χ1n) is 10.7. The Morgan fingerprint density at radius 2 is 1.53 bits per heavy atom. The summed E-state index contributed by atoms with van der Waals surface area (Å²) in [4.78, 5) is 11.9. The second kappa shape index (κ2) is 9.27. The van der Waals surface area contributed by atoms with E-state index in [0.717, 1.165) is 16.9 Å². The molecule has 1 aromatic heterocycles. The van der Waals surface area contributed by atoms with Crippen molar-refractivity contribution in [1.29, 1.82) is 0 Å². The van der Waals surface area contributed by atoms with Crippen molar-refractivity contribution in [3.8, 4) is 0 Å². The number of hydrogen-bond acceptors (Lipinski definition) is 7. The van der Waals surface area contributed by atoms with E-state index in [1.54, 1.807) is 42.5 Å². The van der Waals surface area contributed by atoms with Crippen LogP contribution in [0.5, 0.6) is 0 Å². The van der Waals surface area contributed by atoms with E-state index >= 15 is 0 Å². The molecule has 1 saturated heterocycles. The third kappa shape index (κ3) is 5.18. The van der Waals surface area contributed by atoms with Gasteiger partial charge in [0.1, 0.15) is 18.5 Å². The number of anilines is 4. The average molecular weight is 490 g/mol. The van der Waals surface area contributed by atoms with Gasteiger partial charge in [-0.25, -0.2) is 15.8 Å². The summed E-state index contributed by atoms with van der Waals surface area (Å²) in [5.41, 5.74) is 0.602. The number of benzene rings is 2. The van der Waals surface area contributed by atoms with Gasteiger partial charge in [0.25, 0.3) is 0 Å². The molecule has 2 N–H and O–H groups in total. The number of hydrazine groups is 1. The molecular weight excluding hydrogens is 464 g/mol. The second-order valence-electron chi connectivity index (χ2n) is 8.45. The molecule has 11 heteroatoms. The lowest BCUT2D eigenvalue weighted by Gasteiger charge is -2.37. The molecule has 0 aliphatic carbocycles. The van der Waals surface area contributed by atoms with Gasteiger partial charge in [-0.15, -0.1) is 0 Å². The molecule has 0 bridgehead atoms. The molecule has 4 rings (SSSR count). The van der Waals surface area contributed by atoms with E-state index < -0.39 is 18.9 Å². The standard InChI is InChI=1S/C23H26F3N6OP/c1-34(2,33)19-10-8-18(9-11-19)32(27)22-28-16-20(23(24,25)26)21(29-22)31-14-12-30(13-15-31)17-6-4-3-5-7-17/h3-11,16H,12-15,27H2,1-2H3. The number of alkyl halides is 3. The Hall–Kier alpha value is -3.10. The van der Waals surface area contributed by atoms with E-state index in [2.05, 4.69) is 14.9 Å². The molecule has 0 atom stereocenters. The molecule has 0 saturated carbocycles. The van der Waals surface area contributed by atoms with Crippen LogP contribution >= 0.6 is 7.14 Å². The summed E-state index contributed by atoms with van der Waals surface area (Å²) in [6, 6.07) is 16.4. The Kier molecular flexibility index (Phi) is 6.55.